The van der Waals surface area contributed by atoms with Crippen molar-refractivity contribution in [3.05, 3.63) is 58.0 Å². The highest BCUT2D eigenvalue weighted by molar-refractivity contribution is 7.09. The van der Waals surface area contributed by atoms with E-state index in [1.54, 1.807) is 23.5 Å². The molecule has 1 nitrogen and oxygen atoms in total. The van der Waals surface area contributed by atoms with Crippen molar-refractivity contribution in [2.45, 2.75) is 19.3 Å². The average molecular weight is 263 g/mol. The summed E-state index contributed by atoms with van der Waals surface area (Å²) in [6.45, 7) is 4.00. The van der Waals surface area contributed by atoms with Gasteiger partial charge in [0.15, 0.2) is 0 Å². The molecule has 3 heteroatoms. The summed E-state index contributed by atoms with van der Waals surface area (Å²) >= 11 is 1.78. The van der Waals surface area contributed by atoms with E-state index < -0.39 is 0 Å². The summed E-state index contributed by atoms with van der Waals surface area (Å²) in [5.74, 6) is 0.237. The van der Waals surface area contributed by atoms with Crippen molar-refractivity contribution in [2.24, 2.45) is 0 Å². The third kappa shape index (κ3) is 3.65. The number of nitrogens with one attached hydrogen (secondary N) is 1. The van der Waals surface area contributed by atoms with Crippen molar-refractivity contribution >= 4 is 11.3 Å². The van der Waals surface area contributed by atoms with E-state index in [4.69, 9.17) is 0 Å². The number of rotatable bonds is 6. The van der Waals surface area contributed by atoms with Crippen molar-refractivity contribution in [1.82, 2.24) is 5.32 Å². The molecule has 1 aromatic carbocycles. The highest BCUT2D eigenvalue weighted by Gasteiger charge is 2.12. The highest BCUT2D eigenvalue weighted by atomic mass is 32.1. The fourth-order valence-corrected chi connectivity index (χ4v) is 2.82. The van der Waals surface area contributed by atoms with Crippen molar-refractivity contribution in [2.75, 3.05) is 13.1 Å². The molecule has 2 aromatic rings. The predicted octanol–water partition coefficient (Wildman–Crippen LogP) is 3.82. The normalized spacial score (nSPS) is 12.6. The first kappa shape index (κ1) is 13.2. The van der Waals surface area contributed by atoms with Gasteiger partial charge in [0, 0.05) is 17.3 Å². The second kappa shape index (κ2) is 6.66. The molecule has 0 bridgehead atoms. The Morgan fingerprint density at radius 2 is 2.00 bits per heavy atom. The zero-order valence-electron chi connectivity index (χ0n) is 10.5. The fraction of sp³-hybridized carbons (Fsp3) is 0.333. The average Bonchev–Trinajstić information content (AvgIpc) is 2.88. The summed E-state index contributed by atoms with van der Waals surface area (Å²) in [6.07, 6.45) is 1.01. The number of halogens is 1. The van der Waals surface area contributed by atoms with Crippen LogP contribution in [0.4, 0.5) is 4.39 Å². The molecule has 1 atom stereocenters. The molecule has 0 amide bonds. The van der Waals surface area contributed by atoms with E-state index >= 15 is 0 Å². The van der Waals surface area contributed by atoms with E-state index in [0.717, 1.165) is 19.5 Å². The first-order valence-electron chi connectivity index (χ1n) is 6.28. The van der Waals surface area contributed by atoms with Gasteiger partial charge in [0.2, 0.25) is 0 Å². The van der Waals surface area contributed by atoms with Gasteiger partial charge in [-0.25, -0.2) is 4.39 Å². The molecule has 2 rings (SSSR count). The molecular formula is C15H18FNS. The smallest absolute Gasteiger partial charge is 0.123 e. The highest BCUT2D eigenvalue weighted by Crippen LogP contribution is 2.23. The Labute approximate surface area is 112 Å². The molecule has 18 heavy (non-hydrogen) atoms. The lowest BCUT2D eigenvalue weighted by Crippen LogP contribution is -2.22. The summed E-state index contributed by atoms with van der Waals surface area (Å²) in [5, 5.41) is 5.49. The zero-order valence-corrected chi connectivity index (χ0v) is 11.3. The van der Waals surface area contributed by atoms with Crippen molar-refractivity contribution in [1.29, 1.82) is 0 Å². The first-order chi connectivity index (χ1) is 8.79. The molecule has 0 saturated heterocycles. The maximum Gasteiger partial charge on any atom is 0.123 e. The van der Waals surface area contributed by atoms with Gasteiger partial charge in [-0.15, -0.1) is 11.3 Å². The second-order valence-electron chi connectivity index (χ2n) is 4.34. The molecule has 1 aromatic heterocycles. The lowest BCUT2D eigenvalue weighted by molar-refractivity contribution is 0.592. The fourth-order valence-electron chi connectivity index (χ4n) is 2.03. The zero-order chi connectivity index (χ0) is 12.8. The molecule has 1 unspecified atom stereocenters. The molecule has 96 valence electrons. The number of thiophene rings is 1. The van der Waals surface area contributed by atoms with Crippen LogP contribution in [-0.4, -0.2) is 13.1 Å². The Balaban J connectivity index is 2.11. The van der Waals surface area contributed by atoms with Crippen molar-refractivity contribution in [3.8, 4) is 0 Å². The van der Waals surface area contributed by atoms with Gasteiger partial charge in [-0.2, -0.15) is 0 Å². The van der Waals surface area contributed by atoms with E-state index in [9.17, 15) is 4.39 Å². The molecule has 0 spiro atoms. The SMILES string of the molecule is CCNCC(Cc1cccs1)c1ccc(F)cc1. The molecule has 0 saturated carbocycles. The Morgan fingerprint density at radius 1 is 1.22 bits per heavy atom. The van der Waals surface area contributed by atoms with Crippen LogP contribution in [-0.2, 0) is 6.42 Å². The van der Waals surface area contributed by atoms with Crippen LogP contribution in [0.1, 0.15) is 23.3 Å². The third-order valence-corrected chi connectivity index (χ3v) is 3.91. The minimum absolute atomic E-state index is 0.169. The van der Waals surface area contributed by atoms with E-state index in [1.165, 1.54) is 10.4 Å². The van der Waals surface area contributed by atoms with E-state index in [2.05, 4.69) is 29.8 Å². The van der Waals surface area contributed by atoms with Crippen molar-refractivity contribution in [3.63, 3.8) is 0 Å². The molecule has 0 fully saturated rings. The molecule has 0 aliphatic heterocycles. The van der Waals surface area contributed by atoms with Gasteiger partial charge in [0.1, 0.15) is 5.82 Å². The summed E-state index contributed by atoms with van der Waals surface area (Å²) in [7, 11) is 0. The van der Waals surface area contributed by atoms with E-state index in [1.807, 2.05) is 12.1 Å². The summed E-state index contributed by atoms with van der Waals surface area (Å²) < 4.78 is 13.0. The summed E-state index contributed by atoms with van der Waals surface area (Å²) in [6, 6.07) is 11.1. The maximum atomic E-state index is 13.0. The third-order valence-electron chi connectivity index (χ3n) is 3.01. The first-order valence-corrected chi connectivity index (χ1v) is 7.16. The van der Waals surface area contributed by atoms with Gasteiger partial charge in [0.05, 0.1) is 0 Å². The van der Waals surface area contributed by atoms with Gasteiger partial charge >= 0.3 is 0 Å². The van der Waals surface area contributed by atoms with Crippen LogP contribution in [0, 0.1) is 5.82 Å². The largest absolute Gasteiger partial charge is 0.316 e. The van der Waals surface area contributed by atoms with Gasteiger partial charge < -0.3 is 5.32 Å². The molecule has 0 aliphatic carbocycles. The Morgan fingerprint density at radius 3 is 2.61 bits per heavy atom. The molecule has 0 aliphatic rings. The number of hydrogen-bond donors (Lipinski definition) is 1. The van der Waals surface area contributed by atoms with Gasteiger partial charge in [0.25, 0.3) is 0 Å². The summed E-state index contributed by atoms with van der Waals surface area (Å²) in [4.78, 5) is 1.38. The second-order valence-corrected chi connectivity index (χ2v) is 5.37. The minimum atomic E-state index is -0.169. The molecular weight excluding hydrogens is 245 g/mol. The van der Waals surface area contributed by atoms with Crippen LogP contribution < -0.4 is 5.32 Å². The Bertz CT molecular complexity index is 450. The number of benzene rings is 1. The van der Waals surface area contributed by atoms with Gasteiger partial charge in [-0.1, -0.05) is 25.1 Å². The van der Waals surface area contributed by atoms with E-state index in [-0.39, 0.29) is 5.82 Å². The van der Waals surface area contributed by atoms with Crippen molar-refractivity contribution < 1.29 is 4.39 Å². The van der Waals surface area contributed by atoms with Gasteiger partial charge in [-0.3, -0.25) is 0 Å². The topological polar surface area (TPSA) is 12.0 Å². The standard InChI is InChI=1S/C15H18FNS/c1-2-17-11-13(10-15-4-3-9-18-15)12-5-7-14(16)8-6-12/h3-9,13,17H,2,10-11H2,1H3. The predicted molar refractivity (Wildman–Crippen MR) is 75.7 cm³/mol. The Kier molecular flexibility index (Phi) is 4.90. The lowest BCUT2D eigenvalue weighted by atomic mass is 9.95. The monoisotopic (exact) mass is 263 g/mol. The van der Waals surface area contributed by atoms with Crippen LogP contribution in [0.2, 0.25) is 0 Å². The van der Waals surface area contributed by atoms with Crippen LogP contribution in [0.15, 0.2) is 41.8 Å². The van der Waals surface area contributed by atoms with E-state index in [0.29, 0.717) is 5.92 Å². The maximum absolute atomic E-state index is 13.0. The van der Waals surface area contributed by atoms with Crippen LogP contribution >= 0.6 is 11.3 Å². The molecule has 0 radical (unpaired) electrons. The minimum Gasteiger partial charge on any atom is -0.316 e. The Hall–Kier alpha value is -1.19. The van der Waals surface area contributed by atoms with Crippen LogP contribution in [0.5, 0.6) is 0 Å². The number of hydrogen-bond acceptors (Lipinski definition) is 2. The number of likely N-dealkylation sites (N-methyl/N-ethyl adjacent to an activating group) is 1. The van der Waals surface area contributed by atoms with Crippen LogP contribution in [0.25, 0.3) is 0 Å². The van der Waals surface area contributed by atoms with Crippen LogP contribution in [0.3, 0.4) is 0 Å². The van der Waals surface area contributed by atoms with Gasteiger partial charge in [-0.05, 0) is 42.1 Å². The molecule has 1 N–H and O–H groups in total. The molecule has 1 heterocycles. The lowest BCUT2D eigenvalue weighted by Gasteiger charge is -2.17. The summed E-state index contributed by atoms with van der Waals surface area (Å²) in [5.41, 5.74) is 1.20. The quantitative estimate of drug-likeness (QED) is 0.835.